The van der Waals surface area contributed by atoms with E-state index < -0.39 is 17.0 Å². The number of fused-ring (bicyclic) bond motifs is 1. The molecule has 2 aromatic rings. The second-order valence-electron chi connectivity index (χ2n) is 6.50. The molecule has 0 fully saturated rings. The summed E-state index contributed by atoms with van der Waals surface area (Å²) in [5.74, 6) is 0.586. The number of carbonyl (C=O) groups excluding carboxylic acids is 1. The van der Waals surface area contributed by atoms with Gasteiger partial charge in [0.25, 0.3) is 5.56 Å². The molecule has 2 heterocycles. The van der Waals surface area contributed by atoms with Crippen molar-refractivity contribution in [1.82, 2.24) is 9.13 Å². The summed E-state index contributed by atoms with van der Waals surface area (Å²) in [4.78, 5) is 37.9. The highest BCUT2D eigenvalue weighted by Gasteiger charge is 2.32. The summed E-state index contributed by atoms with van der Waals surface area (Å²) < 4.78 is 13.2. The van der Waals surface area contributed by atoms with Crippen LogP contribution in [0.4, 0.5) is 5.82 Å². The van der Waals surface area contributed by atoms with E-state index in [9.17, 15) is 14.4 Å². The molecule has 0 amide bonds. The van der Waals surface area contributed by atoms with Crippen LogP contribution in [0, 0.1) is 0 Å². The number of hydrogen-bond donors (Lipinski definition) is 1. The highest BCUT2D eigenvalue weighted by atomic mass is 35.5. The minimum Gasteiger partial charge on any atom is -0.491 e. The molecule has 154 valence electrons. The van der Waals surface area contributed by atoms with Gasteiger partial charge in [0.05, 0.1) is 24.4 Å². The zero-order valence-corrected chi connectivity index (χ0v) is 17.4. The maximum absolute atomic E-state index is 12.9. The summed E-state index contributed by atoms with van der Waals surface area (Å²) in [6.07, 6.45) is 2.24. The number of benzene rings is 1. The van der Waals surface area contributed by atoms with Gasteiger partial charge in [-0.05, 0) is 37.1 Å². The molecule has 1 aliphatic heterocycles. The maximum atomic E-state index is 12.9. The summed E-state index contributed by atoms with van der Waals surface area (Å²) >= 11 is 6.28. The van der Waals surface area contributed by atoms with E-state index in [2.05, 4.69) is 5.32 Å². The first-order valence-electron chi connectivity index (χ1n) is 9.21. The van der Waals surface area contributed by atoms with Gasteiger partial charge in [-0.1, -0.05) is 18.5 Å². The zero-order valence-electron chi connectivity index (χ0n) is 16.7. The van der Waals surface area contributed by atoms with Gasteiger partial charge in [0, 0.05) is 13.6 Å². The third-order valence-corrected chi connectivity index (χ3v) is 4.84. The second-order valence-corrected chi connectivity index (χ2v) is 6.91. The lowest BCUT2D eigenvalue weighted by molar-refractivity contribution is 0.104. The van der Waals surface area contributed by atoms with Gasteiger partial charge >= 0.3 is 5.69 Å². The van der Waals surface area contributed by atoms with Crippen molar-refractivity contribution in [3.63, 3.8) is 0 Å². The van der Waals surface area contributed by atoms with Gasteiger partial charge in [-0.25, -0.2) is 4.79 Å². The first kappa shape index (κ1) is 20.7. The predicted octanol–water partition coefficient (Wildman–Crippen LogP) is 2.67. The van der Waals surface area contributed by atoms with Gasteiger partial charge in [0.15, 0.2) is 11.5 Å². The molecule has 1 aliphatic rings. The normalized spacial score (nSPS) is 14.1. The molecule has 0 aliphatic carbocycles. The Bertz CT molecular complexity index is 1130. The summed E-state index contributed by atoms with van der Waals surface area (Å²) in [6.45, 7) is 4.53. The van der Waals surface area contributed by atoms with Gasteiger partial charge in [-0.3, -0.25) is 18.7 Å². The first-order valence-corrected chi connectivity index (χ1v) is 9.59. The Balaban J connectivity index is 2.13. The minimum absolute atomic E-state index is 0.0450. The van der Waals surface area contributed by atoms with Crippen molar-refractivity contribution in [3.8, 4) is 11.5 Å². The van der Waals surface area contributed by atoms with E-state index in [0.717, 1.165) is 4.57 Å². The maximum Gasteiger partial charge on any atom is 0.332 e. The fraction of sp³-hybridized carbons (Fsp3) is 0.350. The molecule has 0 spiro atoms. The largest absolute Gasteiger partial charge is 0.491 e. The first-order chi connectivity index (χ1) is 13.8. The SMILES string of the molecule is CCCn1c2c(c(=O)n(C)c1=O)C(=O)C(=Cc1cc(Cl)c(OC)c(OCC)c1)N2. The van der Waals surface area contributed by atoms with Gasteiger partial charge in [-0.15, -0.1) is 0 Å². The number of allylic oxidation sites excluding steroid dienone is 1. The van der Waals surface area contributed by atoms with Crippen LogP contribution in [0.1, 0.15) is 36.2 Å². The standard InChI is InChI=1S/C20H22ClN3O5/c1-5-7-24-18-15(19(26)23(3)20(24)27)16(25)13(22-18)9-11-8-12(21)17(28-4)14(10-11)29-6-2/h8-10,22H,5-7H2,1-4H3. The van der Waals surface area contributed by atoms with Crippen molar-refractivity contribution in [2.75, 3.05) is 19.0 Å². The lowest BCUT2D eigenvalue weighted by Gasteiger charge is -2.12. The van der Waals surface area contributed by atoms with Gasteiger partial charge in [0.1, 0.15) is 11.4 Å². The number of nitrogens with one attached hydrogen (secondary N) is 1. The summed E-state index contributed by atoms with van der Waals surface area (Å²) in [7, 11) is 2.85. The summed E-state index contributed by atoms with van der Waals surface area (Å²) in [5.41, 5.74) is -0.374. The number of aromatic nitrogens is 2. The van der Waals surface area contributed by atoms with E-state index in [1.807, 2.05) is 13.8 Å². The summed E-state index contributed by atoms with van der Waals surface area (Å²) in [5, 5.41) is 3.27. The van der Waals surface area contributed by atoms with E-state index in [4.69, 9.17) is 21.1 Å². The van der Waals surface area contributed by atoms with E-state index in [1.165, 1.54) is 18.7 Å². The molecule has 0 radical (unpaired) electrons. The highest BCUT2D eigenvalue weighted by Crippen LogP contribution is 2.37. The van der Waals surface area contributed by atoms with E-state index in [1.54, 1.807) is 18.2 Å². The van der Waals surface area contributed by atoms with Crippen molar-refractivity contribution >= 4 is 29.3 Å². The molecule has 0 bridgehead atoms. The lowest BCUT2D eigenvalue weighted by atomic mass is 10.1. The molecule has 0 saturated heterocycles. The lowest BCUT2D eigenvalue weighted by Crippen LogP contribution is -2.40. The third-order valence-electron chi connectivity index (χ3n) is 4.56. The number of methoxy groups -OCH3 is 1. The summed E-state index contributed by atoms with van der Waals surface area (Å²) in [6, 6.07) is 3.32. The molecule has 0 unspecified atom stereocenters. The van der Waals surface area contributed by atoms with E-state index in [0.29, 0.717) is 41.7 Å². The number of rotatable bonds is 6. The fourth-order valence-corrected chi connectivity index (χ4v) is 3.55. The molecule has 29 heavy (non-hydrogen) atoms. The van der Waals surface area contributed by atoms with E-state index >= 15 is 0 Å². The Morgan fingerprint density at radius 2 is 1.93 bits per heavy atom. The van der Waals surface area contributed by atoms with Crippen molar-refractivity contribution < 1.29 is 14.3 Å². The van der Waals surface area contributed by atoms with Gasteiger partial charge in [0.2, 0.25) is 5.78 Å². The molecule has 1 aromatic heterocycles. The molecular weight excluding hydrogens is 398 g/mol. The molecular formula is C20H22ClN3O5. The van der Waals surface area contributed by atoms with Crippen LogP contribution in [0.3, 0.4) is 0 Å². The van der Waals surface area contributed by atoms with Crippen LogP contribution in [0.5, 0.6) is 11.5 Å². The number of halogens is 1. The second kappa shape index (κ2) is 8.16. The number of ketones is 1. The molecule has 0 saturated carbocycles. The van der Waals surface area contributed by atoms with Gasteiger partial charge in [-0.2, -0.15) is 0 Å². The van der Waals surface area contributed by atoms with Crippen molar-refractivity contribution in [3.05, 3.63) is 54.8 Å². The topological polar surface area (TPSA) is 91.6 Å². The smallest absolute Gasteiger partial charge is 0.332 e. The number of Topliss-reactive ketones (excluding diaryl/α,β-unsaturated/α-hetero) is 1. The third kappa shape index (κ3) is 3.55. The van der Waals surface area contributed by atoms with Crippen molar-refractivity contribution in [1.29, 1.82) is 0 Å². The monoisotopic (exact) mass is 419 g/mol. The van der Waals surface area contributed by atoms with Crippen LogP contribution in [0.2, 0.25) is 5.02 Å². The Morgan fingerprint density at radius 1 is 1.21 bits per heavy atom. The molecule has 9 heteroatoms. The molecule has 3 rings (SSSR count). The minimum atomic E-state index is -0.624. The zero-order chi connectivity index (χ0) is 21.3. The number of hydrogen-bond acceptors (Lipinski definition) is 6. The molecule has 1 N–H and O–H groups in total. The molecule has 1 aromatic carbocycles. The van der Waals surface area contributed by atoms with Crippen LogP contribution in [-0.2, 0) is 13.6 Å². The Hall–Kier alpha value is -3.00. The molecule has 0 atom stereocenters. The number of anilines is 1. The van der Waals surface area contributed by atoms with Crippen molar-refractivity contribution in [2.45, 2.75) is 26.8 Å². The van der Waals surface area contributed by atoms with Crippen LogP contribution in [0.25, 0.3) is 6.08 Å². The fourth-order valence-electron chi connectivity index (χ4n) is 3.25. The quantitative estimate of drug-likeness (QED) is 0.724. The Labute approximate surface area is 172 Å². The van der Waals surface area contributed by atoms with E-state index in [-0.39, 0.29) is 17.1 Å². The number of nitrogens with zero attached hydrogens (tertiary/aromatic N) is 2. The molecule has 8 nitrogen and oxygen atoms in total. The number of carbonyl (C=O) groups is 1. The highest BCUT2D eigenvalue weighted by molar-refractivity contribution is 6.32. The average Bonchev–Trinajstić information content (AvgIpc) is 3.00. The van der Waals surface area contributed by atoms with Crippen LogP contribution in [-0.4, -0.2) is 28.6 Å². The van der Waals surface area contributed by atoms with Crippen LogP contribution < -0.4 is 26.0 Å². The van der Waals surface area contributed by atoms with Crippen LogP contribution >= 0.6 is 11.6 Å². The average molecular weight is 420 g/mol. The number of ether oxygens (including phenoxy) is 2. The van der Waals surface area contributed by atoms with Crippen LogP contribution in [0.15, 0.2) is 27.4 Å². The van der Waals surface area contributed by atoms with Crippen molar-refractivity contribution in [2.24, 2.45) is 7.05 Å². The Morgan fingerprint density at radius 3 is 2.55 bits per heavy atom. The van der Waals surface area contributed by atoms with Gasteiger partial charge < -0.3 is 14.8 Å². The predicted molar refractivity (Wildman–Crippen MR) is 111 cm³/mol. The Kier molecular flexibility index (Phi) is 5.83.